The quantitative estimate of drug-likeness (QED) is 0.199. The monoisotopic (exact) mass is 475 g/mol. The lowest BCUT2D eigenvalue weighted by Gasteiger charge is -2.26. The molecule has 0 radical (unpaired) electrons. The Balaban J connectivity index is 1.61. The molecule has 1 aliphatic heterocycles. The van der Waals surface area contributed by atoms with Crippen LogP contribution in [0.2, 0.25) is 0 Å². The van der Waals surface area contributed by atoms with Gasteiger partial charge in [-0.1, -0.05) is 90.5 Å². The fourth-order valence-electron chi connectivity index (χ4n) is 4.41. The van der Waals surface area contributed by atoms with Gasteiger partial charge < -0.3 is 14.7 Å². The zero-order chi connectivity index (χ0) is 25.1. The van der Waals surface area contributed by atoms with Crippen molar-refractivity contribution in [1.82, 2.24) is 4.90 Å². The molecule has 1 N–H and O–H groups in total. The van der Waals surface area contributed by atoms with Crippen LogP contribution >= 0.6 is 0 Å². The van der Waals surface area contributed by atoms with Gasteiger partial charge in [0.1, 0.15) is 17.3 Å². The maximum Gasteiger partial charge on any atom is 0.295 e. The van der Waals surface area contributed by atoms with E-state index in [1.807, 2.05) is 104 Å². The van der Waals surface area contributed by atoms with Crippen LogP contribution in [0.15, 0.2) is 115 Å². The summed E-state index contributed by atoms with van der Waals surface area (Å²) in [6, 6.07) is 32.6. The number of para-hydroxylation sites is 1. The molecule has 1 heterocycles. The van der Waals surface area contributed by atoms with Crippen LogP contribution in [0.1, 0.15) is 28.3 Å². The number of carbonyl (C=O) groups is 2. The summed E-state index contributed by atoms with van der Waals surface area (Å²) in [4.78, 5) is 28.1. The van der Waals surface area contributed by atoms with Crippen molar-refractivity contribution in [2.75, 3.05) is 0 Å². The van der Waals surface area contributed by atoms with E-state index in [1.165, 1.54) is 4.90 Å². The number of Topliss-reactive ketones (excluding diaryl/α,β-unsaturated/α-hetero) is 1. The third-order valence-electron chi connectivity index (χ3n) is 6.21. The fraction of sp³-hybridized carbons (Fsp3) is 0.0968. The molecule has 5 rings (SSSR count). The number of hydrogen-bond donors (Lipinski definition) is 1. The van der Waals surface area contributed by atoms with E-state index < -0.39 is 17.7 Å². The molecular weight excluding hydrogens is 450 g/mol. The highest BCUT2D eigenvalue weighted by molar-refractivity contribution is 6.46. The Morgan fingerprint density at radius 2 is 1.44 bits per heavy atom. The lowest BCUT2D eigenvalue weighted by molar-refractivity contribution is -0.140. The first-order chi connectivity index (χ1) is 17.5. The highest BCUT2D eigenvalue weighted by Gasteiger charge is 2.46. The van der Waals surface area contributed by atoms with Crippen molar-refractivity contribution in [3.8, 4) is 11.5 Å². The van der Waals surface area contributed by atoms with Crippen LogP contribution < -0.4 is 4.74 Å². The van der Waals surface area contributed by atoms with Gasteiger partial charge in [0.05, 0.1) is 11.6 Å². The smallest absolute Gasteiger partial charge is 0.295 e. The maximum absolute atomic E-state index is 13.3. The summed E-state index contributed by atoms with van der Waals surface area (Å²) in [5.41, 5.74) is 3.14. The van der Waals surface area contributed by atoms with E-state index in [1.54, 1.807) is 12.1 Å². The number of rotatable bonds is 6. The third-order valence-corrected chi connectivity index (χ3v) is 6.21. The van der Waals surface area contributed by atoms with Gasteiger partial charge in [-0.3, -0.25) is 9.59 Å². The van der Waals surface area contributed by atoms with Gasteiger partial charge in [0.25, 0.3) is 11.7 Å². The predicted molar refractivity (Wildman–Crippen MR) is 138 cm³/mol. The number of benzene rings is 4. The Morgan fingerprint density at radius 1 is 0.806 bits per heavy atom. The van der Waals surface area contributed by atoms with Crippen LogP contribution in [0.4, 0.5) is 0 Å². The molecular formula is C31H25NO4. The van der Waals surface area contributed by atoms with E-state index in [2.05, 4.69) is 0 Å². The molecule has 0 saturated carbocycles. The first-order valence-corrected chi connectivity index (χ1v) is 11.7. The first-order valence-electron chi connectivity index (χ1n) is 11.7. The summed E-state index contributed by atoms with van der Waals surface area (Å²) in [6.45, 7) is 2.17. The summed E-state index contributed by atoms with van der Waals surface area (Å²) in [5.74, 6) is -0.300. The molecule has 178 valence electrons. The van der Waals surface area contributed by atoms with E-state index in [0.29, 0.717) is 22.6 Å². The standard InChI is InChI=1S/C31H25NO4/c1-21-15-17-23(18-16-21)29(33)27-28(32(31(35)30(27)34)20-22-9-4-2-5-10-22)24-11-8-14-26(19-24)36-25-12-6-3-7-13-25/h2-19,28,33H,20H2,1H3/t28-/m1/s1. The molecule has 1 atom stereocenters. The Kier molecular flexibility index (Phi) is 6.37. The molecule has 36 heavy (non-hydrogen) atoms. The summed E-state index contributed by atoms with van der Waals surface area (Å²) >= 11 is 0. The number of ether oxygens (including phenoxy) is 1. The number of aliphatic hydroxyl groups excluding tert-OH is 1. The fourth-order valence-corrected chi connectivity index (χ4v) is 4.41. The zero-order valence-corrected chi connectivity index (χ0v) is 19.8. The number of hydrogen-bond acceptors (Lipinski definition) is 4. The summed E-state index contributed by atoms with van der Waals surface area (Å²) < 4.78 is 6.01. The summed E-state index contributed by atoms with van der Waals surface area (Å²) in [6.07, 6.45) is 0. The molecule has 0 spiro atoms. The Bertz CT molecular complexity index is 1430. The highest BCUT2D eigenvalue weighted by atomic mass is 16.5. The van der Waals surface area contributed by atoms with Crippen molar-refractivity contribution in [2.45, 2.75) is 19.5 Å². The van der Waals surface area contributed by atoms with Crippen molar-refractivity contribution >= 4 is 17.4 Å². The highest BCUT2D eigenvalue weighted by Crippen LogP contribution is 2.41. The van der Waals surface area contributed by atoms with E-state index in [0.717, 1.165) is 11.1 Å². The molecule has 0 unspecified atom stereocenters. The van der Waals surface area contributed by atoms with Gasteiger partial charge in [0, 0.05) is 12.1 Å². The lowest BCUT2D eigenvalue weighted by Crippen LogP contribution is -2.29. The molecule has 4 aromatic rings. The van der Waals surface area contributed by atoms with Crippen LogP contribution in [-0.2, 0) is 16.1 Å². The number of nitrogens with zero attached hydrogens (tertiary/aromatic N) is 1. The minimum absolute atomic E-state index is 0.0663. The van der Waals surface area contributed by atoms with E-state index in [-0.39, 0.29) is 17.9 Å². The molecule has 1 saturated heterocycles. The zero-order valence-electron chi connectivity index (χ0n) is 19.8. The van der Waals surface area contributed by atoms with E-state index in [9.17, 15) is 14.7 Å². The van der Waals surface area contributed by atoms with Crippen LogP contribution in [0.5, 0.6) is 11.5 Å². The molecule has 5 heteroatoms. The lowest BCUT2D eigenvalue weighted by atomic mass is 9.94. The SMILES string of the molecule is Cc1ccc(C(O)=C2C(=O)C(=O)N(Cc3ccccc3)[C@@H]2c2cccc(Oc3ccccc3)c2)cc1. The van der Waals surface area contributed by atoms with Crippen molar-refractivity contribution in [1.29, 1.82) is 0 Å². The minimum Gasteiger partial charge on any atom is -0.507 e. The molecule has 1 amide bonds. The number of amides is 1. The number of carbonyl (C=O) groups excluding carboxylic acids is 2. The van der Waals surface area contributed by atoms with Gasteiger partial charge >= 0.3 is 0 Å². The van der Waals surface area contributed by atoms with Gasteiger partial charge in [-0.15, -0.1) is 0 Å². The number of ketones is 1. The second kappa shape index (κ2) is 9.92. The van der Waals surface area contributed by atoms with Gasteiger partial charge in [-0.05, 0) is 42.3 Å². The van der Waals surface area contributed by atoms with Gasteiger partial charge in [-0.2, -0.15) is 0 Å². The number of aryl methyl sites for hydroxylation is 1. The van der Waals surface area contributed by atoms with Gasteiger partial charge in [0.2, 0.25) is 0 Å². The largest absolute Gasteiger partial charge is 0.507 e. The van der Waals surface area contributed by atoms with Crippen molar-refractivity contribution in [3.63, 3.8) is 0 Å². The van der Waals surface area contributed by atoms with E-state index in [4.69, 9.17) is 4.74 Å². The van der Waals surface area contributed by atoms with E-state index >= 15 is 0 Å². The van der Waals surface area contributed by atoms with Crippen molar-refractivity contribution in [3.05, 3.63) is 137 Å². The van der Waals surface area contributed by atoms with Crippen molar-refractivity contribution in [2.24, 2.45) is 0 Å². The molecule has 0 aromatic heterocycles. The van der Waals surface area contributed by atoms with Crippen LogP contribution in [-0.4, -0.2) is 21.7 Å². The first kappa shape index (κ1) is 23.1. The van der Waals surface area contributed by atoms with Gasteiger partial charge in [0.15, 0.2) is 0 Å². The Labute approximate surface area is 209 Å². The third kappa shape index (κ3) is 4.64. The maximum atomic E-state index is 13.3. The molecule has 5 nitrogen and oxygen atoms in total. The number of aliphatic hydroxyl groups is 1. The molecule has 0 aliphatic carbocycles. The van der Waals surface area contributed by atoms with Gasteiger partial charge in [-0.25, -0.2) is 0 Å². The topological polar surface area (TPSA) is 66.8 Å². The second-order valence-corrected chi connectivity index (χ2v) is 8.77. The normalized spacial score (nSPS) is 16.8. The molecule has 1 aliphatic rings. The van der Waals surface area contributed by atoms with Crippen LogP contribution in [0, 0.1) is 6.92 Å². The van der Waals surface area contributed by atoms with Crippen molar-refractivity contribution < 1.29 is 19.4 Å². The summed E-state index contributed by atoms with van der Waals surface area (Å²) in [7, 11) is 0. The average Bonchev–Trinajstić information content (AvgIpc) is 3.15. The Morgan fingerprint density at radius 3 is 2.14 bits per heavy atom. The molecule has 4 aromatic carbocycles. The molecule has 0 bridgehead atoms. The Hall–Kier alpha value is -4.64. The minimum atomic E-state index is -0.772. The van der Waals surface area contributed by atoms with Crippen LogP contribution in [0.3, 0.4) is 0 Å². The molecule has 1 fully saturated rings. The predicted octanol–water partition coefficient (Wildman–Crippen LogP) is 6.41. The van der Waals surface area contributed by atoms with Crippen LogP contribution in [0.25, 0.3) is 5.76 Å². The summed E-state index contributed by atoms with van der Waals surface area (Å²) in [5, 5.41) is 11.3. The second-order valence-electron chi connectivity index (χ2n) is 8.77. The average molecular weight is 476 g/mol. The number of likely N-dealkylation sites (tertiary alicyclic amines) is 1.